The number of aliphatic hydroxyl groups is 1. The molecule has 1 unspecified atom stereocenters. The topological polar surface area (TPSA) is 33.1 Å². The molecule has 1 aromatic heterocycles. The van der Waals surface area contributed by atoms with Crippen LogP contribution in [0.25, 0.3) is 0 Å². The van der Waals surface area contributed by atoms with Crippen molar-refractivity contribution in [3.8, 4) is 0 Å². The summed E-state index contributed by atoms with van der Waals surface area (Å²) in [4.78, 5) is 11.9. The first-order valence-electron chi connectivity index (χ1n) is 5.52. The molecule has 1 atom stereocenters. The van der Waals surface area contributed by atoms with Crippen LogP contribution in [0.2, 0.25) is 14.8 Å². The van der Waals surface area contributed by atoms with Gasteiger partial charge in [-0.25, -0.2) is 0 Å². The second kappa shape index (κ2) is 5.64. The molecular formula is C11H21NOSSn. The molecule has 0 amide bonds. The molecule has 0 bridgehead atoms. The third-order valence-corrected chi connectivity index (χ3v) is 8.96. The third-order valence-electron chi connectivity index (χ3n) is 2.33. The van der Waals surface area contributed by atoms with Gasteiger partial charge in [-0.2, -0.15) is 0 Å². The van der Waals surface area contributed by atoms with Crippen molar-refractivity contribution in [1.29, 1.82) is 0 Å². The van der Waals surface area contributed by atoms with E-state index in [0.717, 1.165) is 19.3 Å². The van der Waals surface area contributed by atoms with Crippen LogP contribution in [0.1, 0.15) is 24.8 Å². The fraction of sp³-hybridized carbons (Fsp3) is 0.727. The Morgan fingerprint density at radius 2 is 2.13 bits per heavy atom. The normalized spacial score (nSPS) is 14.2. The average Bonchev–Trinajstić information content (AvgIpc) is 2.51. The van der Waals surface area contributed by atoms with Crippen LogP contribution in [0, 0.1) is 0 Å². The molecule has 0 aliphatic carbocycles. The average molecular weight is 334 g/mol. The van der Waals surface area contributed by atoms with Crippen molar-refractivity contribution >= 4 is 33.4 Å². The Morgan fingerprint density at radius 3 is 2.60 bits per heavy atom. The third kappa shape index (κ3) is 4.83. The van der Waals surface area contributed by atoms with E-state index in [2.05, 4.69) is 20.2 Å². The molecule has 1 heterocycles. The minimum atomic E-state index is -1.93. The fourth-order valence-corrected chi connectivity index (χ4v) is 7.49. The van der Waals surface area contributed by atoms with Gasteiger partial charge in [0.1, 0.15) is 0 Å². The summed E-state index contributed by atoms with van der Waals surface area (Å²) >= 11 is -0.140. The maximum absolute atomic E-state index is 9.16. The molecule has 0 saturated carbocycles. The standard InChI is InChI=1S/C8H12NOS.3CH3.Sn/c1-7(10)3-2-4-8-9-5-6-11-8;;;;/h6-7,10H,2-4H2,1H3;3*1H3;. The number of thiazole rings is 1. The van der Waals surface area contributed by atoms with Crippen LogP contribution in [0.3, 0.4) is 0 Å². The van der Waals surface area contributed by atoms with Crippen LogP contribution >= 0.6 is 11.3 Å². The van der Waals surface area contributed by atoms with Gasteiger partial charge in [-0.1, -0.05) is 0 Å². The summed E-state index contributed by atoms with van der Waals surface area (Å²) in [5.41, 5.74) is 0. The Labute approximate surface area is 101 Å². The van der Waals surface area contributed by atoms with E-state index in [4.69, 9.17) is 10.1 Å². The zero-order chi connectivity index (χ0) is 11.5. The van der Waals surface area contributed by atoms with Gasteiger partial charge in [-0.05, 0) is 0 Å². The molecule has 1 aromatic rings. The first-order valence-corrected chi connectivity index (χ1v) is 16.4. The van der Waals surface area contributed by atoms with Gasteiger partial charge in [-0.3, -0.25) is 0 Å². The number of aromatic nitrogens is 1. The van der Waals surface area contributed by atoms with Gasteiger partial charge in [0.25, 0.3) is 0 Å². The van der Waals surface area contributed by atoms with Gasteiger partial charge in [0.2, 0.25) is 0 Å². The van der Waals surface area contributed by atoms with Crippen molar-refractivity contribution in [2.24, 2.45) is 0 Å². The Kier molecular flexibility index (Phi) is 5.06. The number of hydrogen-bond donors (Lipinski definition) is 1. The number of nitrogens with zero attached hydrogens (tertiary/aromatic N) is 1. The Bertz CT molecular complexity index is 304. The van der Waals surface area contributed by atoms with Crippen LogP contribution in [-0.2, 0) is 6.42 Å². The zero-order valence-electron chi connectivity index (χ0n) is 10.1. The molecule has 0 fully saturated rings. The molecule has 0 aromatic carbocycles. The van der Waals surface area contributed by atoms with Crippen molar-refractivity contribution in [1.82, 2.24) is 4.98 Å². The van der Waals surface area contributed by atoms with Crippen LogP contribution in [0.5, 0.6) is 0 Å². The summed E-state index contributed by atoms with van der Waals surface area (Å²) in [7, 11) is 0. The first kappa shape index (κ1) is 13.5. The quantitative estimate of drug-likeness (QED) is 0.839. The van der Waals surface area contributed by atoms with Gasteiger partial charge in [0.05, 0.1) is 0 Å². The van der Waals surface area contributed by atoms with Gasteiger partial charge >= 0.3 is 101 Å². The van der Waals surface area contributed by atoms with E-state index in [0.29, 0.717) is 0 Å². The summed E-state index contributed by atoms with van der Waals surface area (Å²) in [5.74, 6) is 0. The SMILES string of the molecule is CC(O)CCCc1n[c]([Sn]([CH3])([CH3])[CH3])cs1. The predicted molar refractivity (Wildman–Crippen MR) is 69.7 cm³/mol. The summed E-state index contributed by atoms with van der Waals surface area (Å²) in [5, 5.41) is 12.6. The fourth-order valence-electron chi connectivity index (χ4n) is 1.32. The van der Waals surface area contributed by atoms with E-state index < -0.39 is 18.4 Å². The molecular weight excluding hydrogens is 313 g/mol. The molecule has 0 saturated heterocycles. The number of aliphatic hydroxyl groups excluding tert-OH is 1. The molecule has 2 nitrogen and oxygen atoms in total. The van der Waals surface area contributed by atoms with Crippen LogP contribution in [-0.4, -0.2) is 34.6 Å². The predicted octanol–water partition coefficient (Wildman–Crippen LogP) is 2.39. The first-order chi connectivity index (χ1) is 6.89. The van der Waals surface area contributed by atoms with Crippen LogP contribution < -0.4 is 3.71 Å². The van der Waals surface area contributed by atoms with Crippen LogP contribution in [0.4, 0.5) is 0 Å². The van der Waals surface area contributed by atoms with E-state index in [1.807, 2.05) is 6.92 Å². The Morgan fingerprint density at radius 1 is 1.47 bits per heavy atom. The molecule has 0 aliphatic heterocycles. The summed E-state index contributed by atoms with van der Waals surface area (Å²) in [6.45, 7) is 1.85. The molecule has 1 rings (SSSR count). The molecule has 0 aliphatic rings. The van der Waals surface area contributed by atoms with Gasteiger partial charge in [0, 0.05) is 0 Å². The molecule has 1 N–H and O–H groups in total. The number of rotatable bonds is 5. The number of hydrogen-bond acceptors (Lipinski definition) is 3. The maximum atomic E-state index is 9.16. The van der Waals surface area contributed by atoms with E-state index >= 15 is 0 Å². The molecule has 15 heavy (non-hydrogen) atoms. The molecule has 0 radical (unpaired) electrons. The Hall–Kier alpha value is 0.389. The van der Waals surface area contributed by atoms with Gasteiger partial charge in [-0.15, -0.1) is 0 Å². The van der Waals surface area contributed by atoms with E-state index in [-0.39, 0.29) is 6.10 Å². The van der Waals surface area contributed by atoms with Crippen molar-refractivity contribution in [3.05, 3.63) is 10.4 Å². The Balaban J connectivity index is 2.47. The van der Waals surface area contributed by atoms with Crippen LogP contribution in [0.15, 0.2) is 5.38 Å². The van der Waals surface area contributed by atoms with E-state index in [1.165, 1.54) is 8.72 Å². The van der Waals surface area contributed by atoms with Gasteiger partial charge < -0.3 is 0 Å². The second-order valence-electron chi connectivity index (χ2n) is 5.12. The second-order valence-corrected chi connectivity index (χ2v) is 20.4. The van der Waals surface area contributed by atoms with E-state index in [9.17, 15) is 0 Å². The van der Waals surface area contributed by atoms with Crippen molar-refractivity contribution < 1.29 is 5.11 Å². The van der Waals surface area contributed by atoms with E-state index in [1.54, 1.807) is 11.3 Å². The van der Waals surface area contributed by atoms with Crippen molar-refractivity contribution in [2.45, 2.75) is 47.1 Å². The summed E-state index contributed by atoms with van der Waals surface area (Å²) < 4.78 is 1.39. The molecule has 86 valence electrons. The van der Waals surface area contributed by atoms with Crippen molar-refractivity contribution in [2.75, 3.05) is 0 Å². The number of aryl methyl sites for hydroxylation is 1. The zero-order valence-corrected chi connectivity index (χ0v) is 13.7. The molecule has 4 heteroatoms. The van der Waals surface area contributed by atoms with Crippen molar-refractivity contribution in [3.63, 3.8) is 0 Å². The monoisotopic (exact) mass is 335 g/mol. The van der Waals surface area contributed by atoms with Gasteiger partial charge in [0.15, 0.2) is 0 Å². The minimum absolute atomic E-state index is 0.175. The molecule has 0 spiro atoms. The summed E-state index contributed by atoms with van der Waals surface area (Å²) in [6.07, 6.45) is 2.78. The summed E-state index contributed by atoms with van der Waals surface area (Å²) in [6, 6.07) is 0.